The van der Waals surface area contributed by atoms with Crippen LogP contribution in [0, 0.1) is 11.6 Å². The number of hydrogen-bond donors (Lipinski definition) is 0. The van der Waals surface area contributed by atoms with Gasteiger partial charge >= 0.3 is 0 Å². The van der Waals surface area contributed by atoms with Gasteiger partial charge in [-0.25, -0.2) is 8.78 Å². The number of morpholine rings is 1. The Morgan fingerprint density at radius 3 is 2.95 bits per heavy atom. The van der Waals surface area contributed by atoms with Crippen LogP contribution in [0.25, 0.3) is 0 Å². The van der Waals surface area contributed by atoms with Gasteiger partial charge in [0.25, 0.3) is 0 Å². The van der Waals surface area contributed by atoms with Crippen molar-refractivity contribution in [2.45, 2.75) is 18.6 Å². The molecule has 1 aromatic rings. The molecule has 0 aliphatic carbocycles. The zero-order valence-corrected chi connectivity index (χ0v) is 11.9. The van der Waals surface area contributed by atoms with Crippen molar-refractivity contribution in [1.82, 2.24) is 9.80 Å². The summed E-state index contributed by atoms with van der Waals surface area (Å²) in [6.45, 7) is 2.61. The molecule has 0 unspecified atom stereocenters. The molecule has 0 spiro atoms. The number of halogens is 2. The Bertz CT molecular complexity index is 552. The van der Waals surface area contributed by atoms with E-state index >= 15 is 0 Å². The van der Waals surface area contributed by atoms with E-state index < -0.39 is 11.6 Å². The fourth-order valence-electron chi connectivity index (χ4n) is 3.02. The monoisotopic (exact) mass is 296 g/mol. The second-order valence-corrected chi connectivity index (χ2v) is 5.65. The number of nitrogens with zero attached hydrogens (tertiary/aromatic N) is 2. The van der Waals surface area contributed by atoms with Crippen LogP contribution in [0.4, 0.5) is 8.78 Å². The predicted octanol–water partition coefficient (Wildman–Crippen LogP) is 1.05. The third kappa shape index (κ3) is 2.78. The van der Waals surface area contributed by atoms with Crippen LogP contribution in [-0.4, -0.2) is 61.1 Å². The molecular weight excluding hydrogens is 278 g/mol. The Kier molecular flexibility index (Phi) is 3.91. The maximum Gasteiger partial charge on any atom is 0.227 e. The van der Waals surface area contributed by atoms with Crippen LogP contribution in [0.3, 0.4) is 0 Å². The molecule has 2 saturated heterocycles. The van der Waals surface area contributed by atoms with Crippen molar-refractivity contribution in [2.24, 2.45) is 0 Å². The van der Waals surface area contributed by atoms with E-state index in [0.29, 0.717) is 19.7 Å². The van der Waals surface area contributed by atoms with Crippen LogP contribution in [0.15, 0.2) is 18.2 Å². The molecule has 2 heterocycles. The molecule has 2 aliphatic rings. The lowest BCUT2D eigenvalue weighted by Gasteiger charge is -2.33. The average molecular weight is 296 g/mol. The number of fused-ring (bicyclic) bond motifs is 1. The van der Waals surface area contributed by atoms with Gasteiger partial charge in [-0.15, -0.1) is 0 Å². The zero-order chi connectivity index (χ0) is 15.0. The second-order valence-electron chi connectivity index (χ2n) is 5.65. The van der Waals surface area contributed by atoms with Gasteiger partial charge < -0.3 is 9.64 Å². The lowest BCUT2D eigenvalue weighted by molar-refractivity contribution is -0.130. The van der Waals surface area contributed by atoms with Gasteiger partial charge in [0, 0.05) is 25.2 Å². The molecule has 2 aliphatic heterocycles. The molecule has 0 radical (unpaired) electrons. The molecule has 0 N–H and O–H groups in total. The molecule has 114 valence electrons. The van der Waals surface area contributed by atoms with Crippen molar-refractivity contribution >= 4 is 5.91 Å². The lowest BCUT2D eigenvalue weighted by Crippen LogP contribution is -2.48. The molecule has 4 nitrogen and oxygen atoms in total. The van der Waals surface area contributed by atoms with Crippen molar-refractivity contribution in [1.29, 1.82) is 0 Å². The maximum absolute atomic E-state index is 13.6. The summed E-state index contributed by atoms with van der Waals surface area (Å²) in [4.78, 5) is 16.2. The van der Waals surface area contributed by atoms with Gasteiger partial charge in [0.15, 0.2) is 11.6 Å². The number of benzene rings is 1. The molecule has 21 heavy (non-hydrogen) atoms. The fourth-order valence-corrected chi connectivity index (χ4v) is 3.02. The summed E-state index contributed by atoms with van der Waals surface area (Å²) in [6, 6.07) is 4.11. The van der Waals surface area contributed by atoms with Crippen LogP contribution >= 0.6 is 0 Å². The summed E-state index contributed by atoms with van der Waals surface area (Å²) in [5.41, 5.74) is 0.101. The summed E-state index contributed by atoms with van der Waals surface area (Å²) in [5, 5.41) is 0. The van der Waals surface area contributed by atoms with Crippen molar-refractivity contribution in [3.05, 3.63) is 35.4 Å². The van der Waals surface area contributed by atoms with E-state index in [9.17, 15) is 13.6 Å². The Morgan fingerprint density at radius 1 is 1.38 bits per heavy atom. The molecule has 1 aromatic carbocycles. The minimum Gasteiger partial charge on any atom is -0.373 e. The minimum absolute atomic E-state index is 0.0186. The topological polar surface area (TPSA) is 32.8 Å². The van der Waals surface area contributed by atoms with E-state index in [2.05, 4.69) is 4.90 Å². The second kappa shape index (κ2) is 5.69. The number of amides is 1. The first-order chi connectivity index (χ1) is 10.1. The van der Waals surface area contributed by atoms with Crippen molar-refractivity contribution < 1.29 is 18.3 Å². The summed E-state index contributed by atoms with van der Waals surface area (Å²) in [5.74, 6) is -2.04. The van der Waals surface area contributed by atoms with E-state index in [0.717, 1.165) is 12.6 Å². The average Bonchev–Trinajstić information content (AvgIpc) is 2.89. The van der Waals surface area contributed by atoms with E-state index in [1.165, 1.54) is 12.1 Å². The predicted molar refractivity (Wildman–Crippen MR) is 72.8 cm³/mol. The van der Waals surface area contributed by atoms with Gasteiger partial charge in [-0.05, 0) is 13.1 Å². The number of ether oxygens (including phenoxy) is 1. The quantitative estimate of drug-likeness (QED) is 0.818. The van der Waals surface area contributed by atoms with E-state index in [1.807, 2.05) is 7.05 Å². The molecule has 0 bridgehead atoms. The molecule has 1 amide bonds. The van der Waals surface area contributed by atoms with E-state index in [-0.39, 0.29) is 30.0 Å². The summed E-state index contributed by atoms with van der Waals surface area (Å²) in [7, 11) is 2.01. The lowest BCUT2D eigenvalue weighted by atomic mass is 10.1. The first kappa shape index (κ1) is 14.4. The Balaban J connectivity index is 1.68. The van der Waals surface area contributed by atoms with E-state index in [1.54, 1.807) is 4.90 Å². The summed E-state index contributed by atoms with van der Waals surface area (Å²) in [6.07, 6.45) is -0.0997. The maximum atomic E-state index is 13.6. The number of carbonyl (C=O) groups excluding carboxylic acids is 1. The van der Waals surface area contributed by atoms with Crippen LogP contribution in [0.5, 0.6) is 0 Å². The number of carbonyl (C=O) groups is 1. The largest absolute Gasteiger partial charge is 0.373 e. The van der Waals surface area contributed by atoms with Crippen molar-refractivity contribution in [3.63, 3.8) is 0 Å². The van der Waals surface area contributed by atoms with Gasteiger partial charge in [0.05, 0.1) is 25.2 Å². The first-order valence-corrected chi connectivity index (χ1v) is 7.09. The van der Waals surface area contributed by atoms with Gasteiger partial charge in [0.1, 0.15) is 0 Å². The minimum atomic E-state index is -0.934. The van der Waals surface area contributed by atoms with Crippen LogP contribution in [-0.2, 0) is 16.0 Å². The zero-order valence-electron chi connectivity index (χ0n) is 11.9. The van der Waals surface area contributed by atoms with Gasteiger partial charge in [-0.3, -0.25) is 9.69 Å². The first-order valence-electron chi connectivity index (χ1n) is 7.09. The normalized spacial score (nSPS) is 26.0. The van der Waals surface area contributed by atoms with Crippen molar-refractivity contribution in [3.8, 4) is 0 Å². The van der Waals surface area contributed by atoms with Crippen molar-refractivity contribution in [2.75, 3.05) is 33.3 Å². The van der Waals surface area contributed by atoms with Gasteiger partial charge in [0.2, 0.25) is 5.91 Å². The molecule has 0 saturated carbocycles. The summed E-state index contributed by atoms with van der Waals surface area (Å²) >= 11 is 0. The van der Waals surface area contributed by atoms with Gasteiger partial charge in [-0.1, -0.05) is 12.1 Å². The molecule has 2 atom stereocenters. The Labute approximate surface area is 122 Å². The highest BCUT2D eigenvalue weighted by Crippen LogP contribution is 2.22. The van der Waals surface area contributed by atoms with E-state index in [4.69, 9.17) is 4.74 Å². The number of rotatable bonds is 2. The number of likely N-dealkylation sites (N-methyl/N-ethyl adjacent to an activating group) is 1. The van der Waals surface area contributed by atoms with Gasteiger partial charge in [-0.2, -0.15) is 0 Å². The molecule has 0 aromatic heterocycles. The Morgan fingerprint density at radius 2 is 2.19 bits per heavy atom. The van der Waals surface area contributed by atoms with Crippen LogP contribution in [0.1, 0.15) is 5.56 Å². The summed E-state index contributed by atoms with van der Waals surface area (Å²) < 4.78 is 32.5. The molecule has 2 fully saturated rings. The Hall–Kier alpha value is -1.53. The standard InChI is InChI=1S/C15H18F2N2O2/c1-18-5-6-21-13-9-19(8-12(13)18)14(20)7-10-3-2-4-11(16)15(10)17/h2-4,12-13H,5-9H2,1H3/t12-,13+/m1/s1. The molecule has 6 heteroatoms. The fraction of sp³-hybridized carbons (Fsp3) is 0.533. The third-order valence-corrected chi connectivity index (χ3v) is 4.30. The molecular formula is C15H18F2N2O2. The smallest absolute Gasteiger partial charge is 0.227 e. The number of hydrogen-bond acceptors (Lipinski definition) is 3. The SMILES string of the molecule is CN1CCO[C@H]2CN(C(=O)Cc3cccc(F)c3F)C[C@H]21. The van der Waals surface area contributed by atoms with Crippen LogP contribution < -0.4 is 0 Å². The third-order valence-electron chi connectivity index (χ3n) is 4.30. The van der Waals surface area contributed by atoms with Crippen LogP contribution in [0.2, 0.25) is 0 Å². The highest BCUT2D eigenvalue weighted by Gasteiger charge is 2.40. The number of likely N-dealkylation sites (tertiary alicyclic amines) is 1. The highest BCUT2D eigenvalue weighted by molar-refractivity contribution is 5.79. The molecule has 3 rings (SSSR count). The highest BCUT2D eigenvalue weighted by atomic mass is 19.2.